The number of hydrogen-bond donors (Lipinski definition) is 2. The molecule has 1 aromatic carbocycles. The minimum Gasteiger partial charge on any atom is -0.380 e. The quantitative estimate of drug-likeness (QED) is 0.840. The standard InChI is InChI=1S/C16H22N2O3S/c1-15(2)9-16(21,10-15)13(19)17-11-6-5-7-12(8-11)22-14(20)18(3)4/h5-8,21H,9-10H2,1-4H3,(H,17,19). The molecular formula is C16H22N2O3S. The zero-order valence-corrected chi connectivity index (χ0v) is 14.2. The zero-order valence-electron chi connectivity index (χ0n) is 13.3. The van der Waals surface area contributed by atoms with Crippen molar-refractivity contribution in [1.29, 1.82) is 0 Å². The van der Waals surface area contributed by atoms with E-state index in [1.165, 1.54) is 4.90 Å². The highest BCUT2D eigenvalue weighted by molar-refractivity contribution is 8.13. The van der Waals surface area contributed by atoms with Gasteiger partial charge in [-0.25, -0.2) is 0 Å². The summed E-state index contributed by atoms with van der Waals surface area (Å²) in [6.07, 6.45) is 0.915. The Hall–Kier alpha value is -1.53. The second-order valence-corrected chi connectivity index (χ2v) is 7.82. The van der Waals surface area contributed by atoms with Crippen LogP contribution in [0.25, 0.3) is 0 Å². The van der Waals surface area contributed by atoms with Crippen molar-refractivity contribution in [1.82, 2.24) is 4.90 Å². The smallest absolute Gasteiger partial charge is 0.285 e. The number of nitrogens with one attached hydrogen (secondary N) is 1. The van der Waals surface area contributed by atoms with Gasteiger partial charge >= 0.3 is 0 Å². The maximum absolute atomic E-state index is 12.2. The molecule has 5 nitrogen and oxygen atoms in total. The van der Waals surface area contributed by atoms with Crippen LogP contribution in [0, 0.1) is 5.41 Å². The Kier molecular flexibility index (Phi) is 4.54. The van der Waals surface area contributed by atoms with Crippen LogP contribution in [0.3, 0.4) is 0 Å². The second kappa shape index (κ2) is 5.93. The van der Waals surface area contributed by atoms with E-state index in [1.807, 2.05) is 19.9 Å². The molecule has 0 heterocycles. The van der Waals surface area contributed by atoms with Crippen LogP contribution in [0.5, 0.6) is 0 Å². The minimum atomic E-state index is -1.29. The Labute approximate surface area is 135 Å². The summed E-state index contributed by atoms with van der Waals surface area (Å²) in [6, 6.07) is 7.06. The largest absolute Gasteiger partial charge is 0.380 e. The maximum atomic E-state index is 12.2. The highest BCUT2D eigenvalue weighted by Crippen LogP contribution is 2.48. The minimum absolute atomic E-state index is 0.00190. The fourth-order valence-corrected chi connectivity index (χ4v) is 3.49. The van der Waals surface area contributed by atoms with Gasteiger partial charge in [-0.1, -0.05) is 19.9 Å². The van der Waals surface area contributed by atoms with E-state index in [0.29, 0.717) is 18.5 Å². The van der Waals surface area contributed by atoms with E-state index >= 15 is 0 Å². The summed E-state index contributed by atoms with van der Waals surface area (Å²) in [7, 11) is 3.38. The lowest BCUT2D eigenvalue weighted by Crippen LogP contribution is -2.56. The van der Waals surface area contributed by atoms with Crippen LogP contribution in [0.4, 0.5) is 10.5 Å². The Morgan fingerprint density at radius 1 is 1.27 bits per heavy atom. The lowest BCUT2D eigenvalue weighted by Gasteiger charge is -2.48. The van der Waals surface area contributed by atoms with Crippen LogP contribution in [0.2, 0.25) is 0 Å². The van der Waals surface area contributed by atoms with Gasteiger partial charge in [0.05, 0.1) is 0 Å². The first kappa shape index (κ1) is 16.8. The number of aliphatic hydroxyl groups is 1. The van der Waals surface area contributed by atoms with Crippen LogP contribution in [-0.4, -0.2) is 40.8 Å². The molecule has 22 heavy (non-hydrogen) atoms. The van der Waals surface area contributed by atoms with Crippen molar-refractivity contribution in [3.63, 3.8) is 0 Å². The van der Waals surface area contributed by atoms with Crippen LogP contribution in [-0.2, 0) is 4.79 Å². The van der Waals surface area contributed by atoms with Crippen molar-refractivity contribution >= 4 is 28.6 Å². The summed E-state index contributed by atoms with van der Waals surface area (Å²) in [5.41, 5.74) is -0.701. The summed E-state index contributed by atoms with van der Waals surface area (Å²) < 4.78 is 0. The molecule has 1 aliphatic carbocycles. The molecule has 0 atom stereocenters. The van der Waals surface area contributed by atoms with E-state index in [1.54, 1.807) is 32.3 Å². The number of anilines is 1. The molecule has 2 rings (SSSR count). The number of carbonyl (C=O) groups is 2. The number of amides is 2. The molecule has 2 amide bonds. The Balaban J connectivity index is 2.02. The molecule has 0 bridgehead atoms. The number of carbonyl (C=O) groups excluding carboxylic acids is 2. The fourth-order valence-electron chi connectivity index (χ4n) is 2.77. The highest BCUT2D eigenvalue weighted by Gasteiger charge is 2.53. The van der Waals surface area contributed by atoms with Gasteiger partial charge < -0.3 is 15.3 Å². The van der Waals surface area contributed by atoms with Crippen molar-refractivity contribution in [2.24, 2.45) is 5.41 Å². The SMILES string of the molecule is CN(C)C(=O)Sc1cccc(NC(=O)C2(O)CC(C)(C)C2)c1. The van der Waals surface area contributed by atoms with Gasteiger partial charge in [0.25, 0.3) is 11.1 Å². The molecule has 0 spiro atoms. The van der Waals surface area contributed by atoms with Gasteiger partial charge in [-0.15, -0.1) is 0 Å². The van der Waals surface area contributed by atoms with E-state index in [2.05, 4.69) is 5.32 Å². The van der Waals surface area contributed by atoms with E-state index < -0.39 is 5.60 Å². The molecule has 0 aliphatic heterocycles. The molecule has 1 saturated carbocycles. The van der Waals surface area contributed by atoms with Crippen LogP contribution in [0.1, 0.15) is 26.7 Å². The summed E-state index contributed by atoms with van der Waals surface area (Å²) in [6.45, 7) is 4.05. The molecular weight excluding hydrogens is 300 g/mol. The molecule has 0 aromatic heterocycles. The lowest BCUT2D eigenvalue weighted by atomic mass is 9.61. The Morgan fingerprint density at radius 2 is 1.91 bits per heavy atom. The lowest BCUT2D eigenvalue weighted by molar-refractivity contribution is -0.158. The van der Waals surface area contributed by atoms with Gasteiger partial charge in [-0.3, -0.25) is 9.59 Å². The summed E-state index contributed by atoms with van der Waals surface area (Å²) >= 11 is 1.09. The molecule has 120 valence electrons. The molecule has 1 aliphatic rings. The first-order valence-electron chi connectivity index (χ1n) is 7.14. The molecule has 0 unspecified atom stereocenters. The van der Waals surface area contributed by atoms with Gasteiger partial charge in [0.15, 0.2) is 0 Å². The zero-order chi connectivity index (χ0) is 16.5. The monoisotopic (exact) mass is 322 g/mol. The summed E-state index contributed by atoms with van der Waals surface area (Å²) in [4.78, 5) is 26.1. The van der Waals surface area contributed by atoms with Crippen molar-refractivity contribution in [3.8, 4) is 0 Å². The first-order valence-corrected chi connectivity index (χ1v) is 7.96. The van der Waals surface area contributed by atoms with Gasteiger partial charge in [0.1, 0.15) is 5.60 Å². The van der Waals surface area contributed by atoms with E-state index in [0.717, 1.165) is 16.7 Å². The third kappa shape index (κ3) is 3.81. The average molecular weight is 322 g/mol. The molecule has 1 fully saturated rings. The van der Waals surface area contributed by atoms with Crippen LogP contribution < -0.4 is 5.32 Å². The first-order chi connectivity index (χ1) is 10.1. The van der Waals surface area contributed by atoms with Gasteiger partial charge in [-0.05, 0) is 48.2 Å². The van der Waals surface area contributed by atoms with Gasteiger partial charge in [-0.2, -0.15) is 0 Å². The number of hydrogen-bond acceptors (Lipinski definition) is 4. The molecule has 2 N–H and O–H groups in total. The van der Waals surface area contributed by atoms with E-state index in [4.69, 9.17) is 0 Å². The number of nitrogens with zero attached hydrogens (tertiary/aromatic N) is 1. The van der Waals surface area contributed by atoms with Gasteiger partial charge in [0.2, 0.25) is 0 Å². The number of rotatable bonds is 3. The second-order valence-electron chi connectivity index (χ2n) is 6.79. The normalized spacial score (nSPS) is 18.2. The topological polar surface area (TPSA) is 69.6 Å². The highest BCUT2D eigenvalue weighted by atomic mass is 32.2. The predicted molar refractivity (Wildman–Crippen MR) is 88.0 cm³/mol. The Morgan fingerprint density at radius 3 is 2.45 bits per heavy atom. The van der Waals surface area contributed by atoms with E-state index in [-0.39, 0.29) is 16.6 Å². The van der Waals surface area contributed by atoms with Crippen LogP contribution >= 0.6 is 11.8 Å². The molecule has 0 radical (unpaired) electrons. The van der Waals surface area contributed by atoms with E-state index in [9.17, 15) is 14.7 Å². The third-order valence-corrected chi connectivity index (χ3v) is 4.66. The van der Waals surface area contributed by atoms with Crippen LogP contribution in [0.15, 0.2) is 29.2 Å². The van der Waals surface area contributed by atoms with Crippen molar-refractivity contribution in [2.45, 2.75) is 37.2 Å². The van der Waals surface area contributed by atoms with Crippen molar-refractivity contribution in [3.05, 3.63) is 24.3 Å². The third-order valence-electron chi connectivity index (χ3n) is 3.63. The predicted octanol–water partition coefficient (Wildman–Crippen LogP) is 2.95. The van der Waals surface area contributed by atoms with Crippen molar-refractivity contribution in [2.75, 3.05) is 19.4 Å². The fraction of sp³-hybridized carbons (Fsp3) is 0.500. The van der Waals surface area contributed by atoms with Gasteiger partial charge in [0, 0.05) is 24.7 Å². The Bertz CT molecular complexity index is 591. The average Bonchev–Trinajstić information content (AvgIpc) is 2.36. The number of benzene rings is 1. The summed E-state index contributed by atoms with van der Waals surface area (Å²) in [5, 5.41) is 12.9. The molecule has 0 saturated heterocycles. The maximum Gasteiger partial charge on any atom is 0.285 e. The number of thioether (sulfide) groups is 1. The van der Waals surface area contributed by atoms with Crippen molar-refractivity contribution < 1.29 is 14.7 Å². The molecule has 1 aromatic rings. The summed E-state index contributed by atoms with van der Waals surface area (Å²) in [5.74, 6) is -0.382. The molecule has 6 heteroatoms.